The topological polar surface area (TPSA) is 20.2 Å². The quantitative estimate of drug-likeness (QED) is 0.530. The molecule has 0 saturated carbocycles. The standard InChI is InChI=1S/C6HF13O.K.H/c7-1(3(8,9)10,4(11,12)13)2(20,5(14,15)16)6(17,18)19;;/h20H;;/q;+1;-1. The summed E-state index contributed by atoms with van der Waals surface area (Å²) in [5, 5.41) is 8.01. The Hall–Kier alpha value is 0.686. The largest absolute Gasteiger partial charge is 1.00 e. The van der Waals surface area contributed by atoms with Crippen LogP contribution in [0.1, 0.15) is 1.43 Å². The maximum atomic E-state index is 12.9. The van der Waals surface area contributed by atoms with Crippen molar-refractivity contribution in [1.29, 1.82) is 0 Å². The molecule has 0 aliphatic heterocycles. The summed E-state index contributed by atoms with van der Waals surface area (Å²) in [6.07, 6.45) is -30.8. The second kappa shape index (κ2) is 5.96. The first kappa shape index (κ1) is 23.9. The molecule has 0 aliphatic carbocycles. The van der Waals surface area contributed by atoms with E-state index in [1.165, 1.54) is 0 Å². The van der Waals surface area contributed by atoms with E-state index < -0.39 is 36.0 Å². The number of hydrogen-bond donors (Lipinski definition) is 1. The monoisotopic (exact) mass is 376 g/mol. The molecule has 1 nitrogen and oxygen atoms in total. The Bertz CT molecular complexity index is 301. The van der Waals surface area contributed by atoms with Crippen molar-refractivity contribution in [1.82, 2.24) is 0 Å². The van der Waals surface area contributed by atoms with Crippen LogP contribution in [-0.4, -0.2) is 41.1 Å². The van der Waals surface area contributed by atoms with Gasteiger partial charge in [-0.15, -0.1) is 0 Å². The molecule has 0 atom stereocenters. The van der Waals surface area contributed by atoms with E-state index in [1.807, 2.05) is 0 Å². The second-order valence-electron chi connectivity index (χ2n) is 3.36. The minimum Gasteiger partial charge on any atom is -1.00 e. The average Bonchev–Trinajstić information content (AvgIpc) is 2.07. The number of rotatable bonds is 1. The van der Waals surface area contributed by atoms with E-state index in [1.54, 1.807) is 0 Å². The van der Waals surface area contributed by atoms with E-state index in [0.29, 0.717) is 0 Å². The SMILES string of the molecule is OC(C(F)(F)F)(C(F)(F)F)C(F)(C(F)(F)F)C(F)(F)F.[H-].[K+]. The zero-order valence-electron chi connectivity index (χ0n) is 10.4. The third kappa shape index (κ3) is 3.46. The predicted octanol–water partition coefficient (Wildman–Crippen LogP) is 0.792. The summed E-state index contributed by atoms with van der Waals surface area (Å²) in [5.41, 5.74) is -15.7. The van der Waals surface area contributed by atoms with Gasteiger partial charge in [-0.2, -0.15) is 52.7 Å². The predicted molar refractivity (Wildman–Crippen MR) is 34.1 cm³/mol. The first-order chi connectivity index (χ1) is 8.25. The molecule has 0 fully saturated rings. The molecule has 0 amide bonds. The molecule has 0 aliphatic rings. The first-order valence-electron chi connectivity index (χ1n) is 3.93. The Kier molecular flexibility index (Phi) is 6.79. The molecule has 0 spiro atoms. The van der Waals surface area contributed by atoms with Crippen LogP contribution in [0.2, 0.25) is 0 Å². The van der Waals surface area contributed by atoms with Crippen molar-refractivity contribution < 1.29 is 115 Å². The van der Waals surface area contributed by atoms with Crippen molar-refractivity contribution in [2.45, 2.75) is 36.0 Å². The van der Waals surface area contributed by atoms with Crippen LogP contribution in [0.4, 0.5) is 57.1 Å². The summed E-state index contributed by atoms with van der Waals surface area (Å²) in [6.45, 7) is 0. The Labute approximate surface area is 150 Å². The van der Waals surface area contributed by atoms with Crippen molar-refractivity contribution in [2.24, 2.45) is 0 Å². The number of aliphatic hydroxyl groups is 1. The van der Waals surface area contributed by atoms with Gasteiger partial charge in [0.15, 0.2) is 0 Å². The van der Waals surface area contributed by atoms with Crippen LogP contribution in [0.5, 0.6) is 0 Å². The van der Waals surface area contributed by atoms with Crippen LogP contribution in [0.15, 0.2) is 0 Å². The second-order valence-corrected chi connectivity index (χ2v) is 3.36. The van der Waals surface area contributed by atoms with Crippen LogP contribution < -0.4 is 51.4 Å². The van der Waals surface area contributed by atoms with Crippen molar-refractivity contribution >= 4 is 0 Å². The van der Waals surface area contributed by atoms with E-state index in [0.717, 1.165) is 0 Å². The van der Waals surface area contributed by atoms with Crippen LogP contribution in [0.25, 0.3) is 0 Å². The summed E-state index contributed by atoms with van der Waals surface area (Å²) in [7, 11) is 0. The average molecular weight is 376 g/mol. The fourth-order valence-electron chi connectivity index (χ4n) is 1.12. The van der Waals surface area contributed by atoms with Crippen molar-refractivity contribution in [2.75, 3.05) is 0 Å². The van der Waals surface area contributed by atoms with Crippen LogP contribution in [0.3, 0.4) is 0 Å². The van der Waals surface area contributed by atoms with Crippen LogP contribution >= 0.6 is 0 Å². The fraction of sp³-hybridized carbons (Fsp3) is 1.00. The number of halogens is 13. The minimum absolute atomic E-state index is 0. The molecule has 15 heteroatoms. The summed E-state index contributed by atoms with van der Waals surface area (Å²) in [5.74, 6) is 0. The molecule has 0 rings (SSSR count). The molecule has 21 heavy (non-hydrogen) atoms. The third-order valence-electron chi connectivity index (χ3n) is 2.10. The maximum Gasteiger partial charge on any atom is 1.00 e. The van der Waals surface area contributed by atoms with E-state index in [4.69, 9.17) is 5.11 Å². The summed E-state index contributed by atoms with van der Waals surface area (Å²) in [6, 6.07) is 0. The van der Waals surface area contributed by atoms with Gasteiger partial charge >= 0.3 is 87.4 Å². The molecule has 0 aromatic heterocycles. The van der Waals surface area contributed by atoms with Crippen molar-refractivity contribution in [3.8, 4) is 0 Å². The van der Waals surface area contributed by atoms with Crippen molar-refractivity contribution in [3.63, 3.8) is 0 Å². The van der Waals surface area contributed by atoms with Gasteiger partial charge in [0.25, 0.3) is 0 Å². The zero-order chi connectivity index (χ0) is 17.0. The zero-order valence-corrected chi connectivity index (χ0v) is 12.5. The van der Waals surface area contributed by atoms with Crippen LogP contribution in [-0.2, 0) is 0 Å². The van der Waals surface area contributed by atoms with E-state index in [-0.39, 0.29) is 52.8 Å². The van der Waals surface area contributed by atoms with Gasteiger partial charge in [-0.25, -0.2) is 4.39 Å². The van der Waals surface area contributed by atoms with E-state index in [2.05, 4.69) is 0 Å². The van der Waals surface area contributed by atoms with Gasteiger partial charge in [0.05, 0.1) is 0 Å². The van der Waals surface area contributed by atoms with Gasteiger partial charge in [-0.3, -0.25) is 0 Å². The summed E-state index contributed by atoms with van der Waals surface area (Å²) < 4.78 is 156. The summed E-state index contributed by atoms with van der Waals surface area (Å²) >= 11 is 0. The molecule has 0 radical (unpaired) electrons. The Morgan fingerprint density at radius 3 is 0.714 bits per heavy atom. The molecule has 0 aromatic rings. The summed E-state index contributed by atoms with van der Waals surface area (Å²) in [4.78, 5) is 0. The number of hydrogen-bond acceptors (Lipinski definition) is 1. The van der Waals surface area contributed by atoms with E-state index in [9.17, 15) is 57.1 Å². The molecule has 0 saturated heterocycles. The minimum atomic E-state index is -8.00. The Morgan fingerprint density at radius 2 is 0.667 bits per heavy atom. The van der Waals surface area contributed by atoms with Crippen LogP contribution in [0, 0.1) is 0 Å². The third-order valence-corrected chi connectivity index (χ3v) is 2.10. The Balaban J connectivity index is -0.00000180. The van der Waals surface area contributed by atoms with Gasteiger partial charge in [0.2, 0.25) is 0 Å². The molecule has 0 aromatic carbocycles. The molecule has 0 heterocycles. The van der Waals surface area contributed by atoms with Gasteiger partial charge in [0.1, 0.15) is 0 Å². The fourth-order valence-corrected chi connectivity index (χ4v) is 1.12. The first-order valence-corrected chi connectivity index (χ1v) is 3.93. The molecule has 124 valence electrons. The normalized spacial score (nSPS) is 15.7. The molecular formula is C6H2F13KO. The number of alkyl halides is 13. The van der Waals surface area contributed by atoms with Gasteiger partial charge in [0, 0.05) is 0 Å². The molecule has 0 bridgehead atoms. The van der Waals surface area contributed by atoms with E-state index >= 15 is 0 Å². The van der Waals surface area contributed by atoms with Gasteiger partial charge < -0.3 is 6.53 Å². The molecule has 0 unspecified atom stereocenters. The van der Waals surface area contributed by atoms with Gasteiger partial charge in [-0.05, 0) is 0 Å². The smallest absolute Gasteiger partial charge is 1.00 e. The van der Waals surface area contributed by atoms with Crippen molar-refractivity contribution in [3.05, 3.63) is 0 Å². The van der Waals surface area contributed by atoms with Gasteiger partial charge in [-0.1, -0.05) is 0 Å². The maximum absolute atomic E-state index is 12.9. The molecular weight excluding hydrogens is 374 g/mol. The Morgan fingerprint density at radius 1 is 0.476 bits per heavy atom. The molecule has 1 N–H and O–H groups in total.